The van der Waals surface area contributed by atoms with Crippen molar-refractivity contribution in [3.63, 3.8) is 0 Å². The molecule has 1 amide bonds. The highest BCUT2D eigenvalue weighted by Gasteiger charge is 2.11. The maximum absolute atomic E-state index is 12.6. The van der Waals surface area contributed by atoms with Crippen LogP contribution in [-0.4, -0.2) is 13.0 Å². The summed E-state index contributed by atoms with van der Waals surface area (Å²) in [5, 5.41) is 12.3. The molecule has 0 saturated carbocycles. The van der Waals surface area contributed by atoms with E-state index in [1.807, 2.05) is 60.7 Å². The molecule has 0 fully saturated rings. The number of nitrogens with one attached hydrogen (secondary N) is 1. The van der Waals surface area contributed by atoms with Gasteiger partial charge in [-0.3, -0.25) is 4.79 Å². The van der Waals surface area contributed by atoms with Gasteiger partial charge >= 0.3 is 0 Å². The van der Waals surface area contributed by atoms with Gasteiger partial charge in [-0.25, -0.2) is 0 Å². The van der Waals surface area contributed by atoms with E-state index in [0.717, 1.165) is 12.0 Å². The highest BCUT2D eigenvalue weighted by Crippen LogP contribution is 2.30. The van der Waals surface area contributed by atoms with Crippen LogP contribution in [0.15, 0.2) is 78.4 Å². The molecule has 0 radical (unpaired) electrons. The van der Waals surface area contributed by atoms with Crippen molar-refractivity contribution in [1.29, 1.82) is 5.26 Å². The lowest BCUT2D eigenvalue weighted by Gasteiger charge is -2.12. The van der Waals surface area contributed by atoms with E-state index in [9.17, 15) is 10.1 Å². The van der Waals surface area contributed by atoms with E-state index >= 15 is 0 Å². The third kappa shape index (κ3) is 5.97. The third-order valence-electron chi connectivity index (χ3n) is 4.72. The Morgan fingerprint density at radius 3 is 2.39 bits per heavy atom. The molecule has 0 spiro atoms. The molecule has 5 nitrogen and oxygen atoms in total. The highest BCUT2D eigenvalue weighted by atomic mass is 16.5. The van der Waals surface area contributed by atoms with Gasteiger partial charge in [0.15, 0.2) is 11.5 Å². The fraction of sp³-hybridized carbons (Fsp3) is 0.154. The minimum Gasteiger partial charge on any atom is -0.493 e. The molecule has 0 unspecified atom stereocenters. The largest absolute Gasteiger partial charge is 0.493 e. The van der Waals surface area contributed by atoms with E-state index in [2.05, 4.69) is 12.2 Å². The second-order valence-electron chi connectivity index (χ2n) is 6.86. The summed E-state index contributed by atoms with van der Waals surface area (Å²) in [6.45, 7) is 2.44. The molecule has 0 aliphatic carbocycles. The normalized spacial score (nSPS) is 10.8. The third-order valence-corrected chi connectivity index (χ3v) is 4.72. The Labute approximate surface area is 182 Å². The van der Waals surface area contributed by atoms with Gasteiger partial charge in [-0.1, -0.05) is 55.5 Å². The summed E-state index contributed by atoms with van der Waals surface area (Å²) in [4.78, 5) is 12.6. The number of nitriles is 1. The van der Waals surface area contributed by atoms with E-state index in [1.165, 1.54) is 11.6 Å². The smallest absolute Gasteiger partial charge is 0.266 e. The summed E-state index contributed by atoms with van der Waals surface area (Å²) in [6.07, 6.45) is 2.45. The van der Waals surface area contributed by atoms with Crippen LogP contribution in [0.4, 0.5) is 5.69 Å². The topological polar surface area (TPSA) is 71.4 Å². The van der Waals surface area contributed by atoms with Crippen LogP contribution in [0.25, 0.3) is 6.08 Å². The Bertz CT molecular complexity index is 1100. The number of carbonyl (C=O) groups excluding carboxylic acids is 1. The molecule has 31 heavy (non-hydrogen) atoms. The zero-order valence-corrected chi connectivity index (χ0v) is 17.6. The zero-order chi connectivity index (χ0) is 22.1. The maximum atomic E-state index is 12.6. The van der Waals surface area contributed by atoms with E-state index in [0.29, 0.717) is 29.4 Å². The fourth-order valence-electron chi connectivity index (χ4n) is 2.97. The van der Waals surface area contributed by atoms with Crippen molar-refractivity contribution in [1.82, 2.24) is 0 Å². The number of amides is 1. The van der Waals surface area contributed by atoms with Crippen molar-refractivity contribution in [2.24, 2.45) is 0 Å². The van der Waals surface area contributed by atoms with Crippen LogP contribution in [-0.2, 0) is 17.8 Å². The first kappa shape index (κ1) is 21.7. The number of ether oxygens (including phenoxy) is 2. The van der Waals surface area contributed by atoms with Crippen LogP contribution in [0.5, 0.6) is 11.5 Å². The van der Waals surface area contributed by atoms with Gasteiger partial charge in [0.1, 0.15) is 18.2 Å². The number of nitrogens with zero attached hydrogens (tertiary/aromatic N) is 1. The standard InChI is InChI=1S/C26H24N2O3/c1-3-19-9-12-23(13-10-19)28-26(29)22(17-27)15-21-11-14-24(30-2)25(16-21)31-18-20-7-5-4-6-8-20/h4-16H,3,18H2,1-2H3,(H,28,29)/b22-15+. The van der Waals surface area contributed by atoms with Crippen LogP contribution in [0.1, 0.15) is 23.6 Å². The molecule has 0 heterocycles. The highest BCUT2D eigenvalue weighted by molar-refractivity contribution is 6.09. The Morgan fingerprint density at radius 1 is 1.00 bits per heavy atom. The number of methoxy groups -OCH3 is 1. The van der Waals surface area contributed by atoms with Gasteiger partial charge in [0.2, 0.25) is 0 Å². The Morgan fingerprint density at radius 2 is 1.74 bits per heavy atom. The molecule has 0 aromatic heterocycles. The summed E-state index contributed by atoms with van der Waals surface area (Å²) in [5.74, 6) is 0.648. The van der Waals surface area contributed by atoms with E-state index < -0.39 is 5.91 Å². The molecule has 3 aromatic carbocycles. The number of hydrogen-bond acceptors (Lipinski definition) is 4. The first-order valence-electron chi connectivity index (χ1n) is 9.99. The lowest BCUT2D eigenvalue weighted by Crippen LogP contribution is -2.13. The van der Waals surface area contributed by atoms with Gasteiger partial charge in [0.05, 0.1) is 7.11 Å². The lowest BCUT2D eigenvalue weighted by atomic mass is 10.1. The Hall–Kier alpha value is -4.04. The van der Waals surface area contributed by atoms with Gasteiger partial charge in [0, 0.05) is 5.69 Å². The van der Waals surface area contributed by atoms with Gasteiger partial charge in [-0.2, -0.15) is 5.26 Å². The zero-order valence-electron chi connectivity index (χ0n) is 17.6. The number of aryl methyl sites for hydroxylation is 1. The van der Waals surface area contributed by atoms with Crippen LogP contribution < -0.4 is 14.8 Å². The summed E-state index contributed by atoms with van der Waals surface area (Å²) in [7, 11) is 1.57. The lowest BCUT2D eigenvalue weighted by molar-refractivity contribution is -0.112. The molecule has 156 valence electrons. The first-order chi connectivity index (χ1) is 15.1. The maximum Gasteiger partial charge on any atom is 0.266 e. The van der Waals surface area contributed by atoms with Crippen molar-refractivity contribution in [3.05, 3.63) is 95.1 Å². The molecular weight excluding hydrogens is 388 g/mol. The van der Waals surface area contributed by atoms with Crippen molar-refractivity contribution >= 4 is 17.7 Å². The SMILES string of the molecule is CCc1ccc(NC(=O)/C(C#N)=C/c2ccc(OC)c(OCc3ccccc3)c2)cc1. The Balaban J connectivity index is 1.77. The molecule has 0 aliphatic rings. The number of carbonyl (C=O) groups is 1. The summed E-state index contributed by atoms with van der Waals surface area (Å²) in [6, 6.07) is 24.6. The second kappa shape index (κ2) is 10.7. The van der Waals surface area contributed by atoms with Gasteiger partial charge in [0.25, 0.3) is 5.91 Å². The van der Waals surface area contributed by atoms with Gasteiger partial charge < -0.3 is 14.8 Å². The van der Waals surface area contributed by atoms with Gasteiger partial charge in [-0.05, 0) is 53.5 Å². The number of rotatable bonds is 8. The van der Waals surface area contributed by atoms with E-state index in [1.54, 1.807) is 25.3 Å². The average Bonchev–Trinajstić information content (AvgIpc) is 2.82. The molecule has 0 atom stereocenters. The molecule has 3 rings (SSSR count). The summed E-state index contributed by atoms with van der Waals surface area (Å²) in [5.41, 5.74) is 3.51. The van der Waals surface area contributed by atoms with Crippen LogP contribution >= 0.6 is 0 Å². The summed E-state index contributed by atoms with van der Waals surface area (Å²) >= 11 is 0. The predicted molar refractivity (Wildman–Crippen MR) is 122 cm³/mol. The van der Waals surface area contributed by atoms with Crippen molar-refractivity contribution in [2.45, 2.75) is 20.0 Å². The van der Waals surface area contributed by atoms with Crippen molar-refractivity contribution in [2.75, 3.05) is 12.4 Å². The summed E-state index contributed by atoms with van der Waals surface area (Å²) < 4.78 is 11.3. The number of hydrogen-bond donors (Lipinski definition) is 1. The fourth-order valence-corrected chi connectivity index (χ4v) is 2.97. The van der Waals surface area contributed by atoms with Crippen LogP contribution in [0, 0.1) is 11.3 Å². The second-order valence-corrected chi connectivity index (χ2v) is 6.86. The van der Waals surface area contributed by atoms with Crippen LogP contribution in [0.3, 0.4) is 0 Å². The first-order valence-corrected chi connectivity index (χ1v) is 9.99. The minimum atomic E-state index is -0.464. The molecular formula is C26H24N2O3. The minimum absolute atomic E-state index is 0.00116. The quantitative estimate of drug-likeness (QED) is 0.398. The number of anilines is 1. The van der Waals surface area contributed by atoms with Crippen LogP contribution in [0.2, 0.25) is 0 Å². The average molecular weight is 412 g/mol. The Kier molecular flexibility index (Phi) is 7.45. The van der Waals surface area contributed by atoms with Gasteiger partial charge in [-0.15, -0.1) is 0 Å². The van der Waals surface area contributed by atoms with Crippen molar-refractivity contribution < 1.29 is 14.3 Å². The molecule has 0 saturated heterocycles. The molecule has 5 heteroatoms. The molecule has 1 N–H and O–H groups in total. The predicted octanol–water partition coefficient (Wildman–Crippen LogP) is 5.38. The molecule has 3 aromatic rings. The van der Waals surface area contributed by atoms with E-state index in [4.69, 9.17) is 9.47 Å². The molecule has 0 aliphatic heterocycles. The monoisotopic (exact) mass is 412 g/mol. The van der Waals surface area contributed by atoms with Crippen molar-refractivity contribution in [3.8, 4) is 17.6 Å². The number of benzene rings is 3. The van der Waals surface area contributed by atoms with E-state index in [-0.39, 0.29) is 5.57 Å². The molecule has 0 bridgehead atoms.